The molecule has 0 radical (unpaired) electrons. The molecule has 1 aromatic heterocycles. The number of hydrogen-bond acceptors (Lipinski definition) is 4. The monoisotopic (exact) mass is 349 g/mol. The van der Waals surface area contributed by atoms with E-state index in [2.05, 4.69) is 15.2 Å². The summed E-state index contributed by atoms with van der Waals surface area (Å²) >= 11 is 6.15. The van der Waals surface area contributed by atoms with Crippen molar-refractivity contribution in [2.75, 3.05) is 13.7 Å². The van der Waals surface area contributed by atoms with Gasteiger partial charge in [0.1, 0.15) is 0 Å². The van der Waals surface area contributed by atoms with Gasteiger partial charge in [-0.15, -0.1) is 0 Å². The maximum absolute atomic E-state index is 12.1. The van der Waals surface area contributed by atoms with Gasteiger partial charge in [0, 0.05) is 18.5 Å². The number of carbonyl (C=O) groups is 2. The molecule has 0 atom stereocenters. The topological polar surface area (TPSA) is 73.2 Å². The lowest BCUT2D eigenvalue weighted by atomic mass is 10.2. The average Bonchev–Trinajstić information content (AvgIpc) is 2.85. The Hall–Kier alpha value is -2.34. The van der Waals surface area contributed by atoms with Crippen LogP contribution in [0, 0.1) is 13.8 Å². The number of aryl methyl sites for hydroxylation is 1. The molecule has 0 aliphatic heterocycles. The van der Waals surface area contributed by atoms with Crippen LogP contribution in [0.1, 0.15) is 34.6 Å². The zero-order valence-electron chi connectivity index (χ0n) is 13.9. The number of esters is 1. The van der Waals surface area contributed by atoms with Crippen LogP contribution in [-0.4, -0.2) is 35.3 Å². The first-order valence-corrected chi connectivity index (χ1v) is 7.99. The predicted molar refractivity (Wildman–Crippen MR) is 91.6 cm³/mol. The van der Waals surface area contributed by atoms with Crippen molar-refractivity contribution in [3.8, 4) is 5.69 Å². The number of rotatable bonds is 6. The molecule has 1 heterocycles. The van der Waals surface area contributed by atoms with Crippen molar-refractivity contribution in [3.63, 3.8) is 0 Å². The van der Waals surface area contributed by atoms with Crippen LogP contribution in [0.5, 0.6) is 0 Å². The number of carbonyl (C=O) groups excluding carboxylic acids is 2. The molecule has 0 fully saturated rings. The van der Waals surface area contributed by atoms with E-state index in [-0.39, 0.29) is 18.3 Å². The maximum atomic E-state index is 12.1. The lowest BCUT2D eigenvalue weighted by molar-refractivity contribution is -0.140. The van der Waals surface area contributed by atoms with Gasteiger partial charge in [0.15, 0.2) is 0 Å². The molecule has 24 heavy (non-hydrogen) atoms. The van der Waals surface area contributed by atoms with Gasteiger partial charge < -0.3 is 10.1 Å². The number of methoxy groups -OCH3 is 1. The van der Waals surface area contributed by atoms with E-state index >= 15 is 0 Å². The number of nitrogens with one attached hydrogen (secondary N) is 1. The number of hydrogen-bond donors (Lipinski definition) is 1. The fraction of sp³-hybridized carbons (Fsp3) is 0.353. The lowest BCUT2D eigenvalue weighted by Crippen LogP contribution is -2.25. The maximum Gasteiger partial charge on any atom is 0.305 e. The minimum atomic E-state index is -0.280. The van der Waals surface area contributed by atoms with Crippen molar-refractivity contribution in [2.45, 2.75) is 26.7 Å². The molecule has 0 saturated heterocycles. The highest BCUT2D eigenvalue weighted by Crippen LogP contribution is 2.22. The second-order valence-electron chi connectivity index (χ2n) is 5.38. The molecule has 2 rings (SSSR count). The molecule has 7 heteroatoms. The Labute approximate surface area is 145 Å². The zero-order chi connectivity index (χ0) is 17.7. The molecule has 128 valence electrons. The van der Waals surface area contributed by atoms with Crippen molar-refractivity contribution in [2.24, 2.45) is 0 Å². The van der Waals surface area contributed by atoms with E-state index in [1.807, 2.05) is 26.0 Å². The average molecular weight is 350 g/mol. The first-order valence-electron chi connectivity index (χ1n) is 7.61. The number of nitrogens with zero attached hydrogens (tertiary/aromatic N) is 2. The first-order chi connectivity index (χ1) is 11.4. The Bertz CT molecular complexity index is 738. The highest BCUT2D eigenvalue weighted by Gasteiger charge is 2.11. The molecule has 0 saturated carbocycles. The van der Waals surface area contributed by atoms with Crippen LogP contribution in [0.4, 0.5) is 0 Å². The molecule has 2 aromatic rings. The minimum absolute atomic E-state index is 0.183. The normalized spacial score (nSPS) is 10.5. The summed E-state index contributed by atoms with van der Waals surface area (Å²) in [6, 6.07) is 7.10. The van der Waals surface area contributed by atoms with Crippen LogP contribution >= 0.6 is 11.6 Å². The smallest absolute Gasteiger partial charge is 0.305 e. The Morgan fingerprint density at radius 1 is 1.25 bits per heavy atom. The number of benzene rings is 1. The second-order valence-corrected chi connectivity index (χ2v) is 5.76. The van der Waals surface area contributed by atoms with E-state index in [1.54, 1.807) is 16.8 Å². The summed E-state index contributed by atoms with van der Waals surface area (Å²) in [4.78, 5) is 23.1. The number of amides is 1. The Kier molecular flexibility index (Phi) is 5.98. The molecule has 0 aliphatic carbocycles. The van der Waals surface area contributed by atoms with Crippen LogP contribution in [0.2, 0.25) is 5.02 Å². The summed E-state index contributed by atoms with van der Waals surface area (Å²) in [7, 11) is 1.35. The van der Waals surface area contributed by atoms with Crippen molar-refractivity contribution in [3.05, 3.63) is 46.2 Å². The fourth-order valence-electron chi connectivity index (χ4n) is 2.27. The van der Waals surface area contributed by atoms with Gasteiger partial charge in [-0.25, -0.2) is 4.68 Å². The van der Waals surface area contributed by atoms with Gasteiger partial charge in [-0.05, 0) is 44.5 Å². The minimum Gasteiger partial charge on any atom is -0.469 e. The van der Waals surface area contributed by atoms with Gasteiger partial charge >= 0.3 is 5.97 Å². The molecule has 1 aromatic carbocycles. The van der Waals surface area contributed by atoms with Gasteiger partial charge in [0.2, 0.25) is 0 Å². The standard InChI is InChI=1S/C17H20ClN3O3/c1-11-16(18)12(2)21(20-11)14-8-6-13(7-9-14)17(23)19-10-4-5-15(22)24-3/h6-9H,4-5,10H2,1-3H3,(H,19,23). The zero-order valence-corrected chi connectivity index (χ0v) is 14.7. The van der Waals surface area contributed by atoms with E-state index in [9.17, 15) is 9.59 Å². The molecule has 0 aliphatic rings. The summed E-state index contributed by atoms with van der Waals surface area (Å²) in [5.41, 5.74) is 3.00. The largest absolute Gasteiger partial charge is 0.469 e. The Balaban J connectivity index is 1.97. The summed E-state index contributed by atoms with van der Waals surface area (Å²) in [6.07, 6.45) is 0.829. The third kappa shape index (κ3) is 4.14. The van der Waals surface area contributed by atoms with Gasteiger partial charge in [-0.2, -0.15) is 5.10 Å². The quantitative estimate of drug-likeness (QED) is 0.643. The Morgan fingerprint density at radius 3 is 2.46 bits per heavy atom. The van der Waals surface area contributed by atoms with Crippen LogP contribution in [0.15, 0.2) is 24.3 Å². The third-order valence-corrected chi connectivity index (χ3v) is 4.19. The van der Waals surface area contributed by atoms with Crippen LogP contribution in [0.25, 0.3) is 5.69 Å². The molecule has 0 bridgehead atoms. The predicted octanol–water partition coefficient (Wildman–Crippen LogP) is 2.83. The molecule has 1 amide bonds. The number of ether oxygens (including phenoxy) is 1. The summed E-state index contributed by atoms with van der Waals surface area (Å²) in [5, 5.41) is 7.79. The van der Waals surface area contributed by atoms with E-state index < -0.39 is 0 Å². The van der Waals surface area contributed by atoms with E-state index in [1.165, 1.54) is 7.11 Å². The van der Waals surface area contributed by atoms with E-state index in [4.69, 9.17) is 11.6 Å². The second kappa shape index (κ2) is 7.97. The molecular weight excluding hydrogens is 330 g/mol. The van der Waals surface area contributed by atoms with Crippen LogP contribution < -0.4 is 5.32 Å². The lowest BCUT2D eigenvalue weighted by Gasteiger charge is -2.07. The van der Waals surface area contributed by atoms with Gasteiger partial charge in [-0.3, -0.25) is 9.59 Å². The van der Waals surface area contributed by atoms with Crippen molar-refractivity contribution in [1.29, 1.82) is 0 Å². The van der Waals surface area contributed by atoms with Gasteiger partial charge in [0.25, 0.3) is 5.91 Å². The van der Waals surface area contributed by atoms with Gasteiger partial charge in [0.05, 0.1) is 29.2 Å². The SMILES string of the molecule is COC(=O)CCCNC(=O)c1ccc(-n2nc(C)c(Cl)c2C)cc1. The van der Waals surface area contributed by atoms with Crippen molar-refractivity contribution < 1.29 is 14.3 Å². The molecular formula is C17H20ClN3O3. The van der Waals surface area contributed by atoms with Crippen molar-refractivity contribution >= 4 is 23.5 Å². The highest BCUT2D eigenvalue weighted by molar-refractivity contribution is 6.31. The molecule has 0 unspecified atom stereocenters. The van der Waals surface area contributed by atoms with Crippen molar-refractivity contribution in [1.82, 2.24) is 15.1 Å². The fourth-order valence-corrected chi connectivity index (χ4v) is 2.39. The Morgan fingerprint density at radius 2 is 1.92 bits per heavy atom. The van der Waals surface area contributed by atoms with E-state index in [0.717, 1.165) is 17.1 Å². The molecule has 0 spiro atoms. The number of aromatic nitrogens is 2. The van der Waals surface area contributed by atoms with Crippen LogP contribution in [0.3, 0.4) is 0 Å². The first kappa shape index (κ1) is 18.0. The third-order valence-electron chi connectivity index (χ3n) is 3.65. The summed E-state index contributed by atoms with van der Waals surface area (Å²) in [5.74, 6) is -0.463. The number of halogens is 1. The summed E-state index contributed by atoms with van der Waals surface area (Å²) in [6.45, 7) is 4.16. The van der Waals surface area contributed by atoms with E-state index in [0.29, 0.717) is 23.6 Å². The molecule has 1 N–H and O–H groups in total. The summed E-state index contributed by atoms with van der Waals surface area (Å²) < 4.78 is 6.29. The molecule has 6 nitrogen and oxygen atoms in total. The van der Waals surface area contributed by atoms with Gasteiger partial charge in [-0.1, -0.05) is 11.6 Å². The highest BCUT2D eigenvalue weighted by atomic mass is 35.5. The van der Waals surface area contributed by atoms with Crippen LogP contribution in [-0.2, 0) is 9.53 Å².